The van der Waals surface area contributed by atoms with Crippen LogP contribution in [-0.4, -0.2) is 20.2 Å². The molecule has 0 aromatic heterocycles. The first-order valence-corrected chi connectivity index (χ1v) is 5.72. The molecule has 0 atom stereocenters. The van der Waals surface area contributed by atoms with Crippen LogP contribution in [0.3, 0.4) is 0 Å². The summed E-state index contributed by atoms with van der Waals surface area (Å²) in [5, 5.41) is 3.41. The Kier molecular flexibility index (Phi) is 1.99. The largest absolute Gasteiger partial charge is 0.497 e. The Hall–Kier alpha value is -1.02. The van der Waals surface area contributed by atoms with E-state index in [1.54, 1.807) is 7.11 Å². The first kappa shape index (κ1) is 9.22. The number of nitrogens with one attached hydrogen (secondary N) is 1. The summed E-state index contributed by atoms with van der Waals surface area (Å²) in [6, 6.07) is 6.58. The molecular formula is C13H17NO. The van der Waals surface area contributed by atoms with E-state index in [0.717, 1.165) is 18.8 Å². The molecule has 1 saturated heterocycles. The van der Waals surface area contributed by atoms with E-state index in [1.165, 1.54) is 30.4 Å². The Balaban J connectivity index is 2.08. The van der Waals surface area contributed by atoms with E-state index in [9.17, 15) is 0 Å². The fraction of sp³-hybridized carbons (Fsp3) is 0.538. The molecular weight excluding hydrogens is 186 g/mol. The van der Waals surface area contributed by atoms with Crippen LogP contribution in [0.15, 0.2) is 18.2 Å². The highest BCUT2D eigenvalue weighted by atomic mass is 16.5. The molecule has 1 heterocycles. The summed E-state index contributed by atoms with van der Waals surface area (Å²) in [5.41, 5.74) is 3.50. The highest BCUT2D eigenvalue weighted by molar-refractivity contribution is 5.44. The van der Waals surface area contributed by atoms with Gasteiger partial charge in [0.2, 0.25) is 0 Å². The van der Waals surface area contributed by atoms with Gasteiger partial charge in [-0.3, -0.25) is 0 Å². The summed E-state index contributed by atoms with van der Waals surface area (Å²) in [6.07, 6.45) is 3.91. The van der Waals surface area contributed by atoms with Crippen molar-refractivity contribution in [2.75, 3.05) is 20.2 Å². The van der Waals surface area contributed by atoms with Gasteiger partial charge in [0.15, 0.2) is 0 Å². The van der Waals surface area contributed by atoms with E-state index >= 15 is 0 Å². The summed E-state index contributed by atoms with van der Waals surface area (Å²) in [6.45, 7) is 2.29. The number of fused-ring (bicyclic) bond motifs is 2. The van der Waals surface area contributed by atoms with Gasteiger partial charge in [0.1, 0.15) is 5.75 Å². The monoisotopic (exact) mass is 203 g/mol. The first-order valence-electron chi connectivity index (χ1n) is 5.72. The van der Waals surface area contributed by atoms with Gasteiger partial charge < -0.3 is 10.1 Å². The smallest absolute Gasteiger partial charge is 0.119 e. The lowest BCUT2D eigenvalue weighted by Crippen LogP contribution is -2.58. The zero-order valence-electron chi connectivity index (χ0n) is 9.18. The Bertz CT molecular complexity index is 382. The molecule has 2 heteroatoms. The fourth-order valence-corrected chi connectivity index (χ4v) is 2.94. The van der Waals surface area contributed by atoms with Crippen molar-refractivity contribution < 1.29 is 4.74 Å². The van der Waals surface area contributed by atoms with Crippen molar-refractivity contribution in [3.05, 3.63) is 29.3 Å². The Labute approximate surface area is 90.6 Å². The number of ether oxygens (including phenoxy) is 1. The molecule has 0 amide bonds. The van der Waals surface area contributed by atoms with Crippen LogP contribution in [0.25, 0.3) is 0 Å². The molecule has 1 spiro atoms. The third kappa shape index (κ3) is 1.28. The minimum absolute atomic E-state index is 0.433. The van der Waals surface area contributed by atoms with E-state index in [2.05, 4.69) is 23.5 Å². The number of benzene rings is 1. The minimum Gasteiger partial charge on any atom is -0.497 e. The van der Waals surface area contributed by atoms with Crippen molar-refractivity contribution in [2.24, 2.45) is 0 Å². The summed E-state index contributed by atoms with van der Waals surface area (Å²) in [4.78, 5) is 0. The van der Waals surface area contributed by atoms with Gasteiger partial charge in [0.05, 0.1) is 7.11 Å². The first-order chi connectivity index (χ1) is 7.34. The standard InChI is InChI=1S/C13H17NO/c1-15-11-5-4-10-3-2-6-13(8-14-9-13)12(10)7-11/h4-5,7,14H,2-3,6,8-9H2,1H3. The number of methoxy groups -OCH3 is 1. The maximum Gasteiger partial charge on any atom is 0.119 e. The van der Waals surface area contributed by atoms with Gasteiger partial charge in [-0.25, -0.2) is 0 Å². The van der Waals surface area contributed by atoms with Gasteiger partial charge in [-0.05, 0) is 42.5 Å². The average Bonchev–Trinajstić information content (AvgIpc) is 2.25. The lowest BCUT2D eigenvalue weighted by molar-refractivity contribution is 0.238. The Morgan fingerprint density at radius 1 is 1.33 bits per heavy atom. The molecule has 1 N–H and O–H groups in total. The van der Waals surface area contributed by atoms with Crippen molar-refractivity contribution in [1.82, 2.24) is 5.32 Å². The van der Waals surface area contributed by atoms with Crippen LogP contribution < -0.4 is 10.1 Å². The van der Waals surface area contributed by atoms with Gasteiger partial charge in [0, 0.05) is 18.5 Å². The number of hydrogen-bond acceptors (Lipinski definition) is 2. The molecule has 0 radical (unpaired) electrons. The van der Waals surface area contributed by atoms with Crippen molar-refractivity contribution >= 4 is 0 Å². The van der Waals surface area contributed by atoms with Crippen molar-refractivity contribution in [3.8, 4) is 5.75 Å². The molecule has 2 aliphatic rings. The molecule has 0 bridgehead atoms. The fourth-order valence-electron chi connectivity index (χ4n) is 2.94. The second kappa shape index (κ2) is 3.24. The zero-order valence-corrected chi connectivity index (χ0v) is 9.18. The van der Waals surface area contributed by atoms with E-state index in [0.29, 0.717) is 5.41 Å². The topological polar surface area (TPSA) is 21.3 Å². The predicted molar refractivity (Wildman–Crippen MR) is 60.5 cm³/mol. The van der Waals surface area contributed by atoms with Gasteiger partial charge in [-0.2, -0.15) is 0 Å². The molecule has 15 heavy (non-hydrogen) atoms. The molecule has 80 valence electrons. The second-order valence-electron chi connectivity index (χ2n) is 4.76. The minimum atomic E-state index is 0.433. The van der Waals surface area contributed by atoms with E-state index < -0.39 is 0 Å². The van der Waals surface area contributed by atoms with E-state index in [4.69, 9.17) is 4.74 Å². The van der Waals surface area contributed by atoms with Crippen LogP contribution >= 0.6 is 0 Å². The third-order valence-electron chi connectivity index (χ3n) is 3.92. The number of rotatable bonds is 1. The van der Waals surface area contributed by atoms with Crippen LogP contribution in [0.2, 0.25) is 0 Å². The van der Waals surface area contributed by atoms with Gasteiger partial charge in [-0.15, -0.1) is 0 Å². The van der Waals surface area contributed by atoms with Crippen LogP contribution in [0.5, 0.6) is 5.75 Å². The summed E-state index contributed by atoms with van der Waals surface area (Å²) in [5.74, 6) is 1.00. The van der Waals surface area contributed by atoms with Crippen molar-refractivity contribution in [2.45, 2.75) is 24.7 Å². The molecule has 3 rings (SSSR count). The SMILES string of the molecule is COc1ccc2c(c1)C1(CCC2)CNC1. The Morgan fingerprint density at radius 3 is 2.87 bits per heavy atom. The quantitative estimate of drug-likeness (QED) is 0.752. The van der Waals surface area contributed by atoms with Crippen LogP contribution in [-0.2, 0) is 11.8 Å². The zero-order chi connectivity index (χ0) is 10.3. The van der Waals surface area contributed by atoms with Crippen LogP contribution in [0.1, 0.15) is 24.0 Å². The second-order valence-corrected chi connectivity index (χ2v) is 4.76. The maximum atomic E-state index is 5.32. The van der Waals surface area contributed by atoms with Crippen molar-refractivity contribution in [1.29, 1.82) is 0 Å². The van der Waals surface area contributed by atoms with Crippen molar-refractivity contribution in [3.63, 3.8) is 0 Å². The normalized spacial score (nSPS) is 21.9. The molecule has 1 aromatic carbocycles. The molecule has 1 aromatic rings. The van der Waals surface area contributed by atoms with E-state index in [1.807, 2.05) is 0 Å². The lowest BCUT2D eigenvalue weighted by Gasteiger charge is -2.47. The summed E-state index contributed by atoms with van der Waals surface area (Å²) in [7, 11) is 1.75. The van der Waals surface area contributed by atoms with Gasteiger partial charge in [-0.1, -0.05) is 6.07 Å². The van der Waals surface area contributed by atoms with Crippen LogP contribution in [0.4, 0.5) is 0 Å². The number of hydrogen-bond donors (Lipinski definition) is 1. The average molecular weight is 203 g/mol. The van der Waals surface area contributed by atoms with Gasteiger partial charge >= 0.3 is 0 Å². The molecule has 0 saturated carbocycles. The molecule has 1 fully saturated rings. The highest BCUT2D eigenvalue weighted by Gasteiger charge is 2.41. The third-order valence-corrected chi connectivity index (χ3v) is 3.92. The number of aryl methyl sites for hydroxylation is 1. The molecule has 1 aliphatic heterocycles. The molecule has 1 aliphatic carbocycles. The van der Waals surface area contributed by atoms with Crippen LogP contribution in [0, 0.1) is 0 Å². The van der Waals surface area contributed by atoms with E-state index in [-0.39, 0.29) is 0 Å². The molecule has 0 unspecified atom stereocenters. The lowest BCUT2D eigenvalue weighted by atomic mass is 9.66. The predicted octanol–water partition coefficient (Wildman–Crippen LogP) is 1.87. The highest BCUT2D eigenvalue weighted by Crippen LogP contribution is 2.41. The summed E-state index contributed by atoms with van der Waals surface area (Å²) >= 11 is 0. The van der Waals surface area contributed by atoms with Gasteiger partial charge in [0.25, 0.3) is 0 Å². The molecule has 2 nitrogen and oxygen atoms in total. The summed E-state index contributed by atoms with van der Waals surface area (Å²) < 4.78 is 5.32. The Morgan fingerprint density at radius 2 is 2.20 bits per heavy atom. The maximum absolute atomic E-state index is 5.32.